The van der Waals surface area contributed by atoms with Gasteiger partial charge >= 0.3 is 0 Å². The lowest BCUT2D eigenvalue weighted by Gasteiger charge is -2.18. The van der Waals surface area contributed by atoms with Crippen LogP contribution in [0.3, 0.4) is 0 Å². The van der Waals surface area contributed by atoms with Crippen molar-refractivity contribution in [3.63, 3.8) is 0 Å². The van der Waals surface area contributed by atoms with E-state index in [1.165, 1.54) is 16.0 Å². The summed E-state index contributed by atoms with van der Waals surface area (Å²) in [5.41, 5.74) is 2.66. The van der Waals surface area contributed by atoms with Crippen LogP contribution in [-0.4, -0.2) is 11.8 Å². The first kappa shape index (κ1) is 14.0. The Bertz CT molecular complexity index is 574. The number of hydrogen-bond acceptors (Lipinski definition) is 2. The highest BCUT2D eigenvalue weighted by Gasteiger charge is 2.22. The molecule has 1 nitrogen and oxygen atoms in total. The summed E-state index contributed by atoms with van der Waals surface area (Å²) in [5, 5.41) is 5.08. The normalized spacial score (nSPS) is 18.8. The summed E-state index contributed by atoms with van der Waals surface area (Å²) in [6.07, 6.45) is 1.16. The smallest absolute Gasteiger partial charge is 0.0453 e. The summed E-state index contributed by atoms with van der Waals surface area (Å²) >= 11 is 8.22. The van der Waals surface area contributed by atoms with Crippen molar-refractivity contribution in [2.45, 2.75) is 29.5 Å². The highest BCUT2D eigenvalue weighted by atomic mass is 35.5. The lowest BCUT2D eigenvalue weighted by Crippen LogP contribution is -2.27. The Kier molecular flexibility index (Phi) is 4.35. The molecule has 1 heterocycles. The van der Waals surface area contributed by atoms with Gasteiger partial charge in [-0.2, -0.15) is 0 Å². The summed E-state index contributed by atoms with van der Waals surface area (Å²) in [7, 11) is 0. The molecule has 0 saturated heterocycles. The molecule has 3 rings (SSSR count). The Morgan fingerprint density at radius 2 is 1.95 bits per heavy atom. The van der Waals surface area contributed by atoms with E-state index in [4.69, 9.17) is 11.6 Å². The molecule has 0 spiro atoms. The van der Waals surface area contributed by atoms with Crippen LogP contribution in [0.15, 0.2) is 53.4 Å². The van der Waals surface area contributed by atoms with Gasteiger partial charge in [0.2, 0.25) is 0 Å². The first-order chi connectivity index (χ1) is 9.74. The van der Waals surface area contributed by atoms with Crippen molar-refractivity contribution < 1.29 is 0 Å². The van der Waals surface area contributed by atoms with Gasteiger partial charge in [-0.1, -0.05) is 48.0 Å². The van der Waals surface area contributed by atoms with E-state index in [2.05, 4.69) is 42.6 Å². The van der Waals surface area contributed by atoms with Gasteiger partial charge in [-0.05, 0) is 36.6 Å². The Morgan fingerprint density at radius 3 is 2.75 bits per heavy atom. The zero-order valence-corrected chi connectivity index (χ0v) is 13.0. The molecular weight excluding hydrogens is 286 g/mol. The Hall–Kier alpha value is -0.960. The van der Waals surface area contributed by atoms with Gasteiger partial charge in [0.25, 0.3) is 0 Å². The van der Waals surface area contributed by atoms with Crippen LogP contribution in [-0.2, 0) is 6.42 Å². The molecule has 20 heavy (non-hydrogen) atoms. The van der Waals surface area contributed by atoms with E-state index in [0.29, 0.717) is 5.25 Å². The average molecular weight is 304 g/mol. The third kappa shape index (κ3) is 3.03. The highest BCUT2D eigenvalue weighted by Crippen LogP contribution is 2.36. The molecule has 0 aromatic heterocycles. The monoisotopic (exact) mass is 303 g/mol. The van der Waals surface area contributed by atoms with Gasteiger partial charge in [-0.15, -0.1) is 11.8 Å². The zero-order chi connectivity index (χ0) is 13.9. The summed E-state index contributed by atoms with van der Waals surface area (Å²) in [6.45, 7) is 3.18. The van der Waals surface area contributed by atoms with Crippen LogP contribution in [0.2, 0.25) is 5.02 Å². The quantitative estimate of drug-likeness (QED) is 0.878. The molecule has 1 aliphatic heterocycles. The van der Waals surface area contributed by atoms with Crippen LogP contribution in [0.1, 0.15) is 24.1 Å². The molecule has 0 saturated carbocycles. The Balaban J connectivity index is 1.58. The maximum absolute atomic E-state index is 6.24. The van der Waals surface area contributed by atoms with E-state index in [9.17, 15) is 0 Å². The number of benzene rings is 2. The van der Waals surface area contributed by atoms with Crippen LogP contribution in [0, 0.1) is 0 Å². The zero-order valence-electron chi connectivity index (χ0n) is 11.5. The number of halogens is 1. The molecule has 0 fully saturated rings. The maximum atomic E-state index is 6.24. The second kappa shape index (κ2) is 6.21. The summed E-state index contributed by atoms with van der Waals surface area (Å²) < 4.78 is 0. The fourth-order valence-corrected chi connectivity index (χ4v) is 4.17. The molecule has 104 valence electrons. The minimum Gasteiger partial charge on any atom is -0.309 e. The molecule has 0 amide bonds. The van der Waals surface area contributed by atoms with E-state index >= 15 is 0 Å². The van der Waals surface area contributed by atoms with Crippen LogP contribution in [0.25, 0.3) is 0 Å². The predicted octanol–water partition coefficient (Wildman–Crippen LogP) is 4.71. The largest absolute Gasteiger partial charge is 0.309 e. The number of rotatable bonds is 4. The predicted molar refractivity (Wildman–Crippen MR) is 87.7 cm³/mol. The van der Waals surface area contributed by atoms with E-state index in [-0.39, 0.29) is 6.04 Å². The third-order valence-electron chi connectivity index (χ3n) is 3.74. The molecule has 2 atom stereocenters. The lowest BCUT2D eigenvalue weighted by atomic mass is 10.1. The average Bonchev–Trinajstić information content (AvgIpc) is 2.88. The molecule has 3 heteroatoms. The van der Waals surface area contributed by atoms with E-state index in [1.54, 1.807) is 0 Å². The molecule has 0 aliphatic carbocycles. The first-order valence-electron chi connectivity index (χ1n) is 6.96. The van der Waals surface area contributed by atoms with Crippen LogP contribution < -0.4 is 5.32 Å². The molecule has 2 unspecified atom stereocenters. The van der Waals surface area contributed by atoms with Crippen molar-refractivity contribution in [2.75, 3.05) is 6.54 Å². The van der Waals surface area contributed by atoms with E-state index < -0.39 is 0 Å². The van der Waals surface area contributed by atoms with E-state index in [0.717, 1.165) is 18.0 Å². The summed E-state index contributed by atoms with van der Waals surface area (Å²) in [5.74, 6) is 0. The molecule has 1 N–H and O–H groups in total. The number of thioether (sulfide) groups is 1. The standard InChI is InChI=1S/C17H18ClNS/c1-12(15-7-3-4-8-16(15)18)19-11-14-10-13-6-2-5-9-17(13)20-14/h2-9,12,14,19H,10-11H2,1H3. The second-order valence-corrected chi connectivity index (χ2v) is 6.95. The highest BCUT2D eigenvalue weighted by molar-refractivity contribution is 8.00. The Morgan fingerprint density at radius 1 is 1.20 bits per heavy atom. The van der Waals surface area contributed by atoms with Crippen molar-refractivity contribution in [2.24, 2.45) is 0 Å². The topological polar surface area (TPSA) is 12.0 Å². The second-order valence-electron chi connectivity index (χ2n) is 5.20. The minimum absolute atomic E-state index is 0.285. The molecule has 2 aromatic carbocycles. The van der Waals surface area contributed by atoms with Crippen molar-refractivity contribution in [3.8, 4) is 0 Å². The Labute approximate surface area is 129 Å². The van der Waals surface area contributed by atoms with Crippen LogP contribution in [0.5, 0.6) is 0 Å². The minimum atomic E-state index is 0.285. The van der Waals surface area contributed by atoms with Crippen molar-refractivity contribution in [1.29, 1.82) is 0 Å². The van der Waals surface area contributed by atoms with Gasteiger partial charge in [0.15, 0.2) is 0 Å². The van der Waals surface area contributed by atoms with Crippen molar-refractivity contribution in [1.82, 2.24) is 5.32 Å². The first-order valence-corrected chi connectivity index (χ1v) is 8.22. The molecule has 0 bridgehead atoms. The number of fused-ring (bicyclic) bond motifs is 1. The van der Waals surface area contributed by atoms with E-state index in [1.807, 2.05) is 30.0 Å². The van der Waals surface area contributed by atoms with Crippen LogP contribution >= 0.6 is 23.4 Å². The SMILES string of the molecule is CC(NCC1Cc2ccccc2S1)c1ccccc1Cl. The molecule has 0 radical (unpaired) electrons. The van der Waals surface area contributed by atoms with Crippen LogP contribution in [0.4, 0.5) is 0 Å². The fraction of sp³-hybridized carbons (Fsp3) is 0.294. The van der Waals surface area contributed by atoms with Crippen molar-refractivity contribution in [3.05, 3.63) is 64.7 Å². The van der Waals surface area contributed by atoms with Gasteiger partial charge in [0.05, 0.1) is 0 Å². The number of hydrogen-bond donors (Lipinski definition) is 1. The lowest BCUT2D eigenvalue weighted by molar-refractivity contribution is 0.567. The molecule has 1 aliphatic rings. The van der Waals surface area contributed by atoms with Gasteiger partial charge in [-0.25, -0.2) is 0 Å². The number of nitrogens with one attached hydrogen (secondary N) is 1. The molecular formula is C17H18ClNS. The summed E-state index contributed by atoms with van der Waals surface area (Å²) in [4.78, 5) is 1.43. The van der Waals surface area contributed by atoms with Gasteiger partial charge in [0.1, 0.15) is 0 Å². The third-order valence-corrected chi connectivity index (χ3v) is 5.40. The van der Waals surface area contributed by atoms with Gasteiger partial charge in [-0.3, -0.25) is 0 Å². The summed E-state index contributed by atoms with van der Waals surface area (Å²) in [6, 6.07) is 17.0. The molecule has 2 aromatic rings. The fourth-order valence-electron chi connectivity index (χ4n) is 2.61. The van der Waals surface area contributed by atoms with Gasteiger partial charge < -0.3 is 5.32 Å². The van der Waals surface area contributed by atoms with Gasteiger partial charge in [0, 0.05) is 27.8 Å². The van der Waals surface area contributed by atoms with Crippen molar-refractivity contribution >= 4 is 23.4 Å². The maximum Gasteiger partial charge on any atom is 0.0453 e.